The quantitative estimate of drug-likeness (QED) is 0.398. The Hall–Kier alpha value is -0.980. The Kier molecular flexibility index (Phi) is 13.6. The van der Waals surface area contributed by atoms with Crippen molar-refractivity contribution in [2.75, 3.05) is 0 Å². The molecule has 0 radical (unpaired) electrons. The van der Waals surface area contributed by atoms with Gasteiger partial charge in [-0.1, -0.05) is 19.9 Å². The summed E-state index contributed by atoms with van der Waals surface area (Å²) in [4.78, 5) is 0. The monoisotopic (exact) mass is 153 g/mol. The summed E-state index contributed by atoms with van der Waals surface area (Å²) in [7, 11) is 2.00. The summed E-state index contributed by atoms with van der Waals surface area (Å²) in [5.41, 5.74) is 0. The maximum atomic E-state index is 3.25. The maximum absolute atomic E-state index is 3.25. The highest BCUT2D eigenvalue weighted by Crippen LogP contribution is 1.71. The van der Waals surface area contributed by atoms with Crippen LogP contribution < -0.4 is 4.57 Å². The van der Waals surface area contributed by atoms with Gasteiger partial charge < -0.3 is 0 Å². The van der Waals surface area contributed by atoms with Gasteiger partial charge in [0.15, 0.2) is 12.4 Å². The summed E-state index contributed by atoms with van der Waals surface area (Å²) in [6, 6.07) is 6.00. The van der Waals surface area contributed by atoms with E-state index in [9.17, 15) is 0 Å². The fourth-order valence-corrected chi connectivity index (χ4v) is 0.485. The van der Waals surface area contributed by atoms with E-state index in [2.05, 4.69) is 6.92 Å². The van der Waals surface area contributed by atoms with Gasteiger partial charge in [-0.05, 0) is 0 Å². The lowest BCUT2D eigenvalue weighted by atomic mass is 10.5. The van der Waals surface area contributed by atoms with Gasteiger partial charge in [0, 0.05) is 12.1 Å². The third-order valence-corrected chi connectivity index (χ3v) is 0.865. The largest absolute Gasteiger partial charge is 0.208 e. The molecule has 0 N–H and O–H groups in total. The molecule has 0 aliphatic rings. The molecule has 62 valence electrons. The summed E-state index contributed by atoms with van der Waals surface area (Å²) in [6.07, 6.45) is 4.00. The molecule has 0 saturated heterocycles. The molecule has 0 spiro atoms. The minimum absolute atomic E-state index is 1.75. The van der Waals surface area contributed by atoms with Crippen molar-refractivity contribution in [3.63, 3.8) is 0 Å². The molecule has 0 fully saturated rings. The molecule has 0 saturated carbocycles. The van der Waals surface area contributed by atoms with Crippen LogP contribution in [0.15, 0.2) is 30.6 Å². The number of aromatic nitrogens is 1. The molecule has 1 nitrogen and oxygen atoms in total. The SMILES string of the molecule is CC.C[n+]1ccccc1.[CH2+]C. The summed E-state index contributed by atoms with van der Waals surface area (Å²) < 4.78 is 2.00. The zero-order valence-electron chi connectivity index (χ0n) is 8.04. The smallest absolute Gasteiger partial charge is 0.168 e. The Morgan fingerprint density at radius 1 is 0.909 bits per heavy atom. The fourth-order valence-electron chi connectivity index (χ4n) is 0.485. The Morgan fingerprint density at radius 2 is 1.27 bits per heavy atom. The van der Waals surface area contributed by atoms with E-state index in [1.54, 1.807) is 6.92 Å². The van der Waals surface area contributed by atoms with Crippen LogP contribution in [0, 0.1) is 6.92 Å². The van der Waals surface area contributed by atoms with Crippen LogP contribution in [-0.4, -0.2) is 0 Å². The molecule has 0 aliphatic heterocycles. The highest BCUT2D eigenvalue weighted by Gasteiger charge is 1.78. The predicted molar refractivity (Wildman–Crippen MR) is 50.0 cm³/mol. The lowest BCUT2D eigenvalue weighted by Gasteiger charge is -1.77. The van der Waals surface area contributed by atoms with Crippen LogP contribution in [0.2, 0.25) is 0 Å². The maximum Gasteiger partial charge on any atom is 0.168 e. The van der Waals surface area contributed by atoms with Crippen LogP contribution in [0.4, 0.5) is 0 Å². The molecular weight excluding hydrogens is 134 g/mol. The van der Waals surface area contributed by atoms with Crippen LogP contribution in [0.5, 0.6) is 0 Å². The molecule has 1 heterocycles. The van der Waals surface area contributed by atoms with Crippen molar-refractivity contribution >= 4 is 0 Å². The van der Waals surface area contributed by atoms with Crippen LogP contribution in [0.25, 0.3) is 0 Å². The van der Waals surface area contributed by atoms with Crippen molar-refractivity contribution in [1.82, 2.24) is 0 Å². The van der Waals surface area contributed by atoms with Crippen molar-refractivity contribution in [2.24, 2.45) is 7.05 Å². The van der Waals surface area contributed by atoms with E-state index in [0.29, 0.717) is 0 Å². The first-order chi connectivity index (χ1) is 5.39. The van der Waals surface area contributed by atoms with Crippen LogP contribution in [0.3, 0.4) is 0 Å². The number of nitrogens with zero attached hydrogens (tertiary/aromatic N) is 1. The van der Waals surface area contributed by atoms with E-state index < -0.39 is 0 Å². The lowest BCUT2D eigenvalue weighted by Crippen LogP contribution is -2.25. The summed E-state index contributed by atoms with van der Waals surface area (Å²) in [5, 5.41) is 0. The number of hydrogen-bond donors (Lipinski definition) is 0. The van der Waals surface area contributed by atoms with E-state index in [-0.39, 0.29) is 0 Å². The number of rotatable bonds is 0. The molecule has 0 aliphatic carbocycles. The second kappa shape index (κ2) is 11.8. The average molecular weight is 153 g/mol. The zero-order valence-corrected chi connectivity index (χ0v) is 8.04. The van der Waals surface area contributed by atoms with Gasteiger partial charge in [0.05, 0.1) is 13.8 Å². The molecule has 0 aromatic carbocycles. The summed E-state index contributed by atoms with van der Waals surface area (Å²) >= 11 is 0. The van der Waals surface area contributed by atoms with Gasteiger partial charge in [-0.2, -0.15) is 0 Å². The second-order valence-electron chi connectivity index (χ2n) is 1.54. The molecule has 0 bridgehead atoms. The van der Waals surface area contributed by atoms with E-state index in [0.717, 1.165) is 0 Å². The van der Waals surface area contributed by atoms with Crippen molar-refractivity contribution < 1.29 is 4.57 Å². The topological polar surface area (TPSA) is 3.88 Å². The minimum Gasteiger partial charge on any atom is -0.208 e. The van der Waals surface area contributed by atoms with Crippen molar-refractivity contribution in [2.45, 2.75) is 20.8 Å². The standard InChI is InChI=1S/C6H8N.C2H6.C2H5/c1-7-5-3-2-4-6-7;2*1-2/h2-6H,1H3;1-2H3;1H2,2H3/q+1;;+1. The summed E-state index contributed by atoms with van der Waals surface area (Å²) in [5.74, 6) is 0. The number of hydrogen-bond acceptors (Lipinski definition) is 0. The predicted octanol–water partition coefficient (Wildman–Crippen LogP) is 2.38. The molecule has 0 unspecified atom stereocenters. The Labute approximate surface area is 70.7 Å². The van der Waals surface area contributed by atoms with Gasteiger partial charge in [0.2, 0.25) is 0 Å². The minimum atomic E-state index is 1.75. The van der Waals surface area contributed by atoms with E-state index in [1.807, 2.05) is 56.1 Å². The van der Waals surface area contributed by atoms with E-state index in [1.165, 1.54) is 0 Å². The average Bonchev–Trinajstić information content (AvgIpc) is 2.13. The first-order valence-electron chi connectivity index (χ1n) is 4.00. The molecule has 1 rings (SSSR count). The molecule has 1 heteroatoms. The van der Waals surface area contributed by atoms with Gasteiger partial charge in [0.25, 0.3) is 0 Å². The molecule has 11 heavy (non-hydrogen) atoms. The van der Waals surface area contributed by atoms with Crippen molar-refractivity contribution in [3.05, 3.63) is 37.5 Å². The van der Waals surface area contributed by atoms with Gasteiger partial charge in [-0.25, -0.2) is 4.57 Å². The van der Waals surface area contributed by atoms with Gasteiger partial charge in [-0.3, -0.25) is 0 Å². The third kappa shape index (κ3) is 9.02. The van der Waals surface area contributed by atoms with Gasteiger partial charge >= 0.3 is 0 Å². The molecule has 1 aromatic rings. The first kappa shape index (κ1) is 12.7. The Morgan fingerprint density at radius 3 is 1.45 bits per heavy atom. The van der Waals surface area contributed by atoms with Crippen LogP contribution in [0.1, 0.15) is 20.8 Å². The number of pyridine rings is 1. The third-order valence-electron chi connectivity index (χ3n) is 0.865. The molecular formula is C10H19N+2. The number of aryl methyl sites for hydroxylation is 1. The van der Waals surface area contributed by atoms with Crippen molar-refractivity contribution in [1.29, 1.82) is 0 Å². The normalized spacial score (nSPS) is 6.55. The van der Waals surface area contributed by atoms with Crippen LogP contribution >= 0.6 is 0 Å². The zero-order chi connectivity index (χ0) is 9.11. The second-order valence-corrected chi connectivity index (χ2v) is 1.54. The van der Waals surface area contributed by atoms with Gasteiger partial charge in [0.1, 0.15) is 7.05 Å². The highest BCUT2D eigenvalue weighted by molar-refractivity contribution is 4.83. The molecule has 0 atom stereocenters. The highest BCUT2D eigenvalue weighted by atomic mass is 14.9. The Balaban J connectivity index is 0. The van der Waals surface area contributed by atoms with Crippen LogP contribution in [-0.2, 0) is 7.05 Å². The Bertz CT molecular complexity index is 135. The molecule has 0 amide bonds. The fraction of sp³-hybridized carbons (Fsp3) is 0.400. The van der Waals surface area contributed by atoms with E-state index >= 15 is 0 Å². The lowest BCUT2D eigenvalue weighted by molar-refractivity contribution is -0.671. The van der Waals surface area contributed by atoms with Crippen molar-refractivity contribution in [3.8, 4) is 0 Å². The summed E-state index contributed by atoms with van der Waals surface area (Å²) in [6.45, 7) is 9.00. The first-order valence-corrected chi connectivity index (χ1v) is 4.00. The van der Waals surface area contributed by atoms with E-state index in [4.69, 9.17) is 0 Å². The van der Waals surface area contributed by atoms with Gasteiger partial charge in [-0.15, -0.1) is 0 Å². The molecule has 1 aromatic heterocycles.